The van der Waals surface area contributed by atoms with Gasteiger partial charge in [0.1, 0.15) is 5.54 Å². The van der Waals surface area contributed by atoms with Crippen LogP contribution in [0.4, 0.5) is 0 Å². The van der Waals surface area contributed by atoms with Crippen molar-refractivity contribution < 1.29 is 4.79 Å². The number of nitrogens with zero attached hydrogens (tertiary/aromatic N) is 3. The minimum atomic E-state index is -0.508. The molecule has 36 heavy (non-hydrogen) atoms. The second-order valence-electron chi connectivity index (χ2n) is 9.84. The van der Waals surface area contributed by atoms with Crippen LogP contribution < -0.4 is 0 Å². The van der Waals surface area contributed by atoms with Crippen molar-refractivity contribution in [3.05, 3.63) is 104 Å². The van der Waals surface area contributed by atoms with Gasteiger partial charge in [0.15, 0.2) is 0 Å². The number of hydrogen-bond donors (Lipinski definition) is 0. The fraction of sp³-hybridized carbons (Fsp3) is 0.345. The number of rotatable bonds is 6. The predicted octanol–water partition coefficient (Wildman–Crippen LogP) is 5.95. The van der Waals surface area contributed by atoms with E-state index in [1.807, 2.05) is 24.1 Å². The first-order valence-corrected chi connectivity index (χ1v) is 13.8. The summed E-state index contributed by atoms with van der Waals surface area (Å²) in [6, 6.07) is 25.4. The molecule has 0 spiro atoms. The van der Waals surface area contributed by atoms with Gasteiger partial charge in [-0.2, -0.15) is 0 Å². The second-order valence-corrected chi connectivity index (χ2v) is 11.7. The maximum Gasteiger partial charge on any atom is 0.243 e. The van der Waals surface area contributed by atoms with Gasteiger partial charge in [-0.3, -0.25) is 14.6 Å². The van der Waals surface area contributed by atoms with Crippen molar-refractivity contribution in [2.24, 2.45) is 0 Å². The molecule has 1 aliphatic carbocycles. The monoisotopic (exact) mass is 631 g/mol. The number of halogens is 3. The van der Waals surface area contributed by atoms with E-state index in [0.717, 1.165) is 60.1 Å². The number of amides is 1. The first kappa shape index (κ1) is 27.3. The quantitative estimate of drug-likeness (QED) is 0.336. The molecule has 4 nitrogen and oxygen atoms in total. The molecule has 0 N–H and O–H groups in total. The maximum absolute atomic E-state index is 14.2. The number of piperazine rings is 1. The Hall–Kier alpha value is -1.70. The minimum Gasteiger partial charge on any atom is -0.340 e. The summed E-state index contributed by atoms with van der Waals surface area (Å²) < 4.78 is 2.16. The zero-order chi connectivity index (χ0) is 24.4. The highest BCUT2D eigenvalue weighted by molar-refractivity contribution is 9.10. The normalized spacial score (nSPS) is 17.3. The minimum absolute atomic E-state index is 0. The van der Waals surface area contributed by atoms with Crippen LogP contribution in [0.1, 0.15) is 22.3 Å². The number of fused-ring (bicyclic) bond motifs is 1. The van der Waals surface area contributed by atoms with Crippen LogP contribution in [-0.4, -0.2) is 59.4 Å². The lowest BCUT2D eigenvalue weighted by Crippen LogP contribution is -2.64. The van der Waals surface area contributed by atoms with Crippen LogP contribution in [0.3, 0.4) is 0 Å². The van der Waals surface area contributed by atoms with Crippen molar-refractivity contribution in [2.45, 2.75) is 31.5 Å². The van der Waals surface area contributed by atoms with Gasteiger partial charge in [0.05, 0.1) is 0 Å². The van der Waals surface area contributed by atoms with Crippen LogP contribution in [0.15, 0.2) is 81.7 Å². The predicted molar refractivity (Wildman–Crippen MR) is 155 cm³/mol. The zero-order valence-corrected chi connectivity index (χ0v) is 24.5. The third kappa shape index (κ3) is 5.89. The van der Waals surface area contributed by atoms with Gasteiger partial charge in [0, 0.05) is 68.1 Å². The number of carbonyl (C=O) groups excluding carboxylic acids is 1. The molecule has 0 saturated carbocycles. The van der Waals surface area contributed by atoms with E-state index >= 15 is 0 Å². The van der Waals surface area contributed by atoms with Gasteiger partial charge in [-0.15, -0.1) is 12.4 Å². The summed E-state index contributed by atoms with van der Waals surface area (Å²) in [6.07, 6.45) is 1.58. The first-order chi connectivity index (χ1) is 16.9. The van der Waals surface area contributed by atoms with Crippen LogP contribution in [0.2, 0.25) is 0 Å². The molecule has 1 saturated heterocycles. The molecule has 1 fully saturated rings. The van der Waals surface area contributed by atoms with Gasteiger partial charge in [-0.05, 0) is 46.5 Å². The van der Waals surface area contributed by atoms with E-state index in [2.05, 4.69) is 102 Å². The molecule has 0 atom stereocenters. The zero-order valence-electron chi connectivity index (χ0n) is 20.5. The van der Waals surface area contributed by atoms with Crippen molar-refractivity contribution in [3.63, 3.8) is 0 Å². The lowest BCUT2D eigenvalue weighted by atomic mass is 9.90. The molecular formula is C29H32Br2ClN3O. The Balaban J connectivity index is 0.00000304. The van der Waals surface area contributed by atoms with Crippen LogP contribution in [0, 0.1) is 0 Å². The van der Waals surface area contributed by atoms with E-state index in [-0.39, 0.29) is 18.3 Å². The number of carbonyl (C=O) groups is 1. The van der Waals surface area contributed by atoms with E-state index < -0.39 is 5.54 Å². The van der Waals surface area contributed by atoms with E-state index in [4.69, 9.17) is 0 Å². The highest BCUT2D eigenvalue weighted by Gasteiger charge is 2.50. The molecular weight excluding hydrogens is 602 g/mol. The van der Waals surface area contributed by atoms with Crippen LogP contribution in [0.5, 0.6) is 0 Å². The summed E-state index contributed by atoms with van der Waals surface area (Å²) in [5.74, 6) is 0.231. The third-order valence-electron chi connectivity index (χ3n) is 7.41. The molecule has 3 aromatic rings. The highest BCUT2D eigenvalue weighted by atomic mass is 79.9. The Labute approximate surface area is 237 Å². The molecule has 0 bridgehead atoms. The van der Waals surface area contributed by atoms with E-state index in [1.54, 1.807) is 0 Å². The Morgan fingerprint density at radius 1 is 0.833 bits per heavy atom. The first-order valence-electron chi connectivity index (χ1n) is 12.2. The number of hydrogen-bond acceptors (Lipinski definition) is 3. The highest BCUT2D eigenvalue weighted by Crippen LogP contribution is 2.37. The van der Waals surface area contributed by atoms with Gasteiger partial charge in [-0.25, -0.2) is 0 Å². The second kappa shape index (κ2) is 11.8. The van der Waals surface area contributed by atoms with Crippen LogP contribution in [-0.2, 0) is 30.7 Å². The Morgan fingerprint density at radius 3 is 1.97 bits per heavy atom. The van der Waals surface area contributed by atoms with Crippen molar-refractivity contribution in [2.75, 3.05) is 33.2 Å². The number of likely N-dealkylation sites (N-methyl/N-ethyl adjacent to an activating group) is 1. The van der Waals surface area contributed by atoms with E-state index in [1.165, 1.54) is 16.7 Å². The van der Waals surface area contributed by atoms with Gasteiger partial charge < -0.3 is 4.90 Å². The average Bonchev–Trinajstić information content (AvgIpc) is 3.25. The maximum atomic E-state index is 14.2. The molecule has 2 aliphatic rings. The summed E-state index contributed by atoms with van der Waals surface area (Å²) in [4.78, 5) is 21.1. The summed E-state index contributed by atoms with van der Waals surface area (Å²) in [7, 11) is 1.96. The fourth-order valence-electron chi connectivity index (χ4n) is 5.67. The molecule has 7 heteroatoms. The largest absolute Gasteiger partial charge is 0.340 e. The van der Waals surface area contributed by atoms with Crippen molar-refractivity contribution in [3.8, 4) is 0 Å². The van der Waals surface area contributed by atoms with Crippen molar-refractivity contribution in [1.82, 2.24) is 14.7 Å². The lowest BCUT2D eigenvalue weighted by molar-refractivity contribution is -0.145. The molecule has 0 radical (unpaired) electrons. The van der Waals surface area contributed by atoms with Gasteiger partial charge in [0.2, 0.25) is 5.91 Å². The van der Waals surface area contributed by atoms with E-state index in [0.29, 0.717) is 6.54 Å². The lowest BCUT2D eigenvalue weighted by Gasteiger charge is -2.46. The smallest absolute Gasteiger partial charge is 0.243 e. The Kier molecular flexibility index (Phi) is 8.95. The van der Waals surface area contributed by atoms with Gasteiger partial charge in [-0.1, -0.05) is 80.4 Å². The molecule has 1 heterocycles. The SMILES string of the molecule is CN(Cc1cccc(Br)c1)C(=O)C1(N2CCN(Cc3cccc(Br)c3)CC2)Cc2ccccc2C1.Cl. The molecule has 0 unspecified atom stereocenters. The topological polar surface area (TPSA) is 26.8 Å². The van der Waals surface area contributed by atoms with Gasteiger partial charge in [0.25, 0.3) is 0 Å². The Bertz CT molecular complexity index is 1190. The summed E-state index contributed by atoms with van der Waals surface area (Å²) in [5.41, 5.74) is 4.58. The fourth-order valence-corrected chi connectivity index (χ4v) is 6.56. The van der Waals surface area contributed by atoms with Crippen molar-refractivity contribution >= 4 is 50.2 Å². The van der Waals surface area contributed by atoms with Crippen LogP contribution >= 0.6 is 44.3 Å². The Morgan fingerprint density at radius 2 is 1.39 bits per heavy atom. The molecule has 1 amide bonds. The molecule has 5 rings (SSSR count). The molecule has 1 aliphatic heterocycles. The summed E-state index contributed by atoms with van der Waals surface area (Å²) >= 11 is 7.15. The van der Waals surface area contributed by atoms with E-state index in [9.17, 15) is 4.79 Å². The average molecular weight is 634 g/mol. The summed E-state index contributed by atoms with van der Waals surface area (Å²) in [5, 5.41) is 0. The molecule has 3 aromatic carbocycles. The van der Waals surface area contributed by atoms with Gasteiger partial charge >= 0.3 is 0 Å². The third-order valence-corrected chi connectivity index (χ3v) is 8.40. The standard InChI is InChI=1S/C29H31Br2N3O.ClH/c1-32(20-22-6-4-10-26(30)16-22)28(35)29(18-24-8-2-3-9-25(24)19-29)34-14-12-33(13-15-34)21-23-7-5-11-27(31)17-23;/h2-11,16-17H,12-15,18-21H2,1H3;1H. The molecule has 190 valence electrons. The number of benzene rings is 3. The van der Waals surface area contributed by atoms with Crippen LogP contribution in [0.25, 0.3) is 0 Å². The van der Waals surface area contributed by atoms with Crippen molar-refractivity contribution in [1.29, 1.82) is 0 Å². The molecule has 0 aromatic heterocycles. The summed E-state index contributed by atoms with van der Waals surface area (Å²) in [6.45, 7) is 5.29.